The van der Waals surface area contributed by atoms with Crippen molar-refractivity contribution in [3.8, 4) is 17.2 Å². The van der Waals surface area contributed by atoms with Crippen LogP contribution in [0.5, 0.6) is 17.2 Å². The molecule has 0 bridgehead atoms. The Kier molecular flexibility index (Phi) is 9.18. The van der Waals surface area contributed by atoms with Crippen LogP contribution in [0.25, 0.3) is 21.9 Å². The zero-order chi connectivity index (χ0) is 34.2. The van der Waals surface area contributed by atoms with Gasteiger partial charge in [-0.1, -0.05) is 26.3 Å². The maximum atomic E-state index is 13.0. The summed E-state index contributed by atoms with van der Waals surface area (Å²) in [5, 5.41) is 4.36. The molecule has 1 aliphatic rings. The second-order valence-electron chi connectivity index (χ2n) is 14.0. The molecule has 10 heteroatoms. The second-order valence-corrected chi connectivity index (χ2v) is 14.0. The van der Waals surface area contributed by atoms with Gasteiger partial charge in [-0.2, -0.15) is 0 Å². The van der Waals surface area contributed by atoms with Crippen molar-refractivity contribution in [2.45, 2.75) is 73.0 Å². The third-order valence-electron chi connectivity index (χ3n) is 9.20. The maximum Gasteiger partial charge on any atom is 0.410 e. The molecule has 3 heterocycles. The molecule has 1 fully saturated rings. The molecule has 1 N–H and O–H groups in total. The first-order valence-corrected chi connectivity index (χ1v) is 16.8. The van der Waals surface area contributed by atoms with E-state index in [1.54, 1.807) is 12.7 Å². The summed E-state index contributed by atoms with van der Waals surface area (Å²) >= 11 is 0. The molecule has 2 aromatic heterocycles. The molecule has 10 nitrogen and oxygen atoms in total. The van der Waals surface area contributed by atoms with Gasteiger partial charge in [-0.25, -0.2) is 19.7 Å². The highest BCUT2D eigenvalue weighted by Gasteiger charge is 2.37. The van der Waals surface area contributed by atoms with Gasteiger partial charge in [0.1, 0.15) is 41.1 Å². The monoisotopic (exact) mass is 650 g/mol. The number of benzene rings is 3. The van der Waals surface area contributed by atoms with Crippen LogP contribution in [0, 0.1) is 25.7 Å². The molecule has 6 rings (SSSR count). The summed E-state index contributed by atoms with van der Waals surface area (Å²) in [6.07, 6.45) is 4.70. The number of nitrogens with zero attached hydrogens (tertiary/aromatic N) is 5. The summed E-state index contributed by atoms with van der Waals surface area (Å²) in [7, 11) is 1.98. The van der Waals surface area contributed by atoms with Crippen molar-refractivity contribution < 1.29 is 19.0 Å². The predicted octanol–water partition coefficient (Wildman–Crippen LogP) is 8.72. The summed E-state index contributed by atoms with van der Waals surface area (Å²) in [5.74, 6) is 3.41. The van der Waals surface area contributed by atoms with Gasteiger partial charge in [0.25, 0.3) is 0 Å². The van der Waals surface area contributed by atoms with E-state index in [9.17, 15) is 4.79 Å². The number of aromatic nitrogens is 4. The van der Waals surface area contributed by atoms with E-state index in [-0.39, 0.29) is 18.1 Å². The Bertz CT molecular complexity index is 1950. The van der Waals surface area contributed by atoms with Crippen LogP contribution >= 0.6 is 0 Å². The van der Waals surface area contributed by atoms with Crippen LogP contribution in [0.15, 0.2) is 61.2 Å². The molecule has 0 spiro atoms. The maximum absolute atomic E-state index is 13.0. The van der Waals surface area contributed by atoms with E-state index in [4.69, 9.17) is 14.2 Å². The van der Waals surface area contributed by atoms with Crippen LogP contribution in [-0.2, 0) is 11.8 Å². The quantitative estimate of drug-likeness (QED) is 0.178. The van der Waals surface area contributed by atoms with Gasteiger partial charge in [0.2, 0.25) is 0 Å². The fourth-order valence-corrected chi connectivity index (χ4v) is 6.36. The number of carbonyl (C=O) groups excluding carboxylic acids is 1. The lowest BCUT2D eigenvalue weighted by atomic mass is 9.82. The van der Waals surface area contributed by atoms with Gasteiger partial charge in [0.15, 0.2) is 0 Å². The van der Waals surface area contributed by atoms with Gasteiger partial charge in [-0.3, -0.25) is 0 Å². The van der Waals surface area contributed by atoms with Crippen LogP contribution in [0.2, 0.25) is 0 Å². The number of imidazole rings is 1. The van der Waals surface area contributed by atoms with Crippen molar-refractivity contribution in [3.05, 3.63) is 72.3 Å². The molecule has 3 unspecified atom stereocenters. The van der Waals surface area contributed by atoms with Crippen molar-refractivity contribution in [3.63, 3.8) is 0 Å². The van der Waals surface area contributed by atoms with Crippen LogP contribution in [0.1, 0.15) is 58.6 Å². The van der Waals surface area contributed by atoms with E-state index in [2.05, 4.69) is 41.0 Å². The molecule has 3 atom stereocenters. The van der Waals surface area contributed by atoms with Gasteiger partial charge < -0.3 is 29.0 Å². The highest BCUT2D eigenvalue weighted by Crippen LogP contribution is 2.39. The lowest BCUT2D eigenvalue weighted by molar-refractivity contribution is -0.0127. The number of nitrogens with one attached hydrogen (secondary N) is 1. The summed E-state index contributed by atoms with van der Waals surface area (Å²) in [5.41, 5.74) is 5.04. The van der Waals surface area contributed by atoms with Gasteiger partial charge in [-0.05, 0) is 88.1 Å². The number of carbonyl (C=O) groups is 1. The molecular weight excluding hydrogens is 604 g/mol. The Morgan fingerprint density at radius 1 is 1.02 bits per heavy atom. The van der Waals surface area contributed by atoms with E-state index in [1.807, 2.05) is 92.7 Å². The summed E-state index contributed by atoms with van der Waals surface area (Å²) in [6.45, 7) is 15.4. The Balaban J connectivity index is 1.25. The minimum absolute atomic E-state index is 0.0834. The molecule has 0 saturated carbocycles. The number of hydrogen-bond acceptors (Lipinski definition) is 8. The van der Waals surface area contributed by atoms with Crippen molar-refractivity contribution in [1.29, 1.82) is 0 Å². The highest BCUT2D eigenvalue weighted by molar-refractivity contribution is 5.96. The number of piperidine rings is 1. The number of aryl methyl sites for hydroxylation is 3. The molecule has 5 aromatic rings. The first-order valence-electron chi connectivity index (χ1n) is 16.8. The van der Waals surface area contributed by atoms with Gasteiger partial charge in [0, 0.05) is 44.2 Å². The fraction of sp³-hybridized carbons (Fsp3) is 0.421. The second kappa shape index (κ2) is 13.3. The average molecular weight is 651 g/mol. The lowest BCUT2D eigenvalue weighted by Crippen LogP contribution is -2.51. The SMILES string of the molecule is CCC(C)C1CN(C(=O)OC(C)(C)C)CCC1Oc1c(C)ccc2ncnc(Nc3ccc(Oc4ccc5c(c4)ncn5C)c(C)c3)c12. The number of amides is 1. The number of anilines is 2. The van der Waals surface area contributed by atoms with Gasteiger partial charge >= 0.3 is 6.09 Å². The normalized spacial score (nSPS) is 17.4. The predicted molar refractivity (Wildman–Crippen MR) is 189 cm³/mol. The summed E-state index contributed by atoms with van der Waals surface area (Å²) in [6, 6.07) is 16.0. The van der Waals surface area contributed by atoms with Crippen molar-refractivity contribution in [2.75, 3.05) is 18.4 Å². The molecular formula is C38H46N6O4. The molecule has 0 radical (unpaired) electrons. The number of rotatable bonds is 8. The largest absolute Gasteiger partial charge is 0.489 e. The van der Waals surface area contributed by atoms with Crippen LogP contribution in [-0.4, -0.2) is 55.3 Å². The molecule has 48 heavy (non-hydrogen) atoms. The smallest absolute Gasteiger partial charge is 0.410 e. The fourth-order valence-electron chi connectivity index (χ4n) is 6.36. The molecule has 0 aliphatic carbocycles. The standard InChI is InChI=1S/C38H46N6O4/c1-9-23(2)28-20-44(37(45)48-38(5,6)7)17-16-33(28)47-35-24(3)10-13-29-34(35)36(40-21-39-29)42-26-11-15-32(25(4)18-26)46-27-12-14-31-30(19-27)41-22-43(31)8/h10-15,18-19,21-23,28,33H,9,16-17,20H2,1-8H3,(H,39,40,42). The van der Waals surface area contributed by atoms with E-state index in [1.165, 1.54) is 0 Å². The molecule has 3 aromatic carbocycles. The molecule has 1 amide bonds. The molecule has 1 saturated heterocycles. The zero-order valence-corrected chi connectivity index (χ0v) is 29.2. The highest BCUT2D eigenvalue weighted by atomic mass is 16.6. The number of fused-ring (bicyclic) bond motifs is 2. The Labute approximate surface area is 282 Å². The average Bonchev–Trinajstić information content (AvgIpc) is 3.42. The molecule has 252 valence electrons. The first-order chi connectivity index (χ1) is 22.9. The van der Waals surface area contributed by atoms with E-state index >= 15 is 0 Å². The number of likely N-dealkylation sites (tertiary alicyclic amines) is 1. The third-order valence-corrected chi connectivity index (χ3v) is 9.20. The van der Waals surface area contributed by atoms with Crippen molar-refractivity contribution in [1.82, 2.24) is 24.4 Å². The third kappa shape index (κ3) is 7.02. The van der Waals surface area contributed by atoms with Crippen LogP contribution < -0.4 is 14.8 Å². The lowest BCUT2D eigenvalue weighted by Gasteiger charge is -2.41. The Morgan fingerprint density at radius 2 is 1.83 bits per heavy atom. The van der Waals surface area contributed by atoms with Gasteiger partial charge in [-0.15, -0.1) is 0 Å². The number of hydrogen-bond donors (Lipinski definition) is 1. The zero-order valence-electron chi connectivity index (χ0n) is 29.2. The minimum Gasteiger partial charge on any atom is -0.489 e. The Hall–Kier alpha value is -4.86. The van der Waals surface area contributed by atoms with E-state index in [0.717, 1.165) is 62.4 Å². The Morgan fingerprint density at radius 3 is 2.58 bits per heavy atom. The van der Waals surface area contributed by atoms with Crippen LogP contribution in [0.4, 0.5) is 16.3 Å². The van der Waals surface area contributed by atoms with Crippen molar-refractivity contribution >= 4 is 39.5 Å². The van der Waals surface area contributed by atoms with E-state index < -0.39 is 5.60 Å². The van der Waals surface area contributed by atoms with Gasteiger partial charge in [0.05, 0.1) is 28.3 Å². The molecule has 1 aliphatic heterocycles. The topological polar surface area (TPSA) is 104 Å². The van der Waals surface area contributed by atoms with Crippen LogP contribution in [0.3, 0.4) is 0 Å². The van der Waals surface area contributed by atoms with Crippen molar-refractivity contribution in [2.24, 2.45) is 18.9 Å². The minimum atomic E-state index is -0.541. The first kappa shape index (κ1) is 33.1. The summed E-state index contributed by atoms with van der Waals surface area (Å²) in [4.78, 5) is 28.5. The summed E-state index contributed by atoms with van der Waals surface area (Å²) < 4.78 is 20.9. The number of ether oxygens (including phenoxy) is 3. The van der Waals surface area contributed by atoms with E-state index in [0.29, 0.717) is 31.2 Å².